The standard InChI is InChI=1S/3C7H7O.Ti/c3*8-6-7-4-2-1-3-5-7;/h3*1-5H,6H2;/q3*-1;+3. The zero-order valence-electron chi connectivity index (χ0n) is 14.0. The molecule has 0 saturated heterocycles. The van der Waals surface area contributed by atoms with Gasteiger partial charge in [0.1, 0.15) is 0 Å². The van der Waals surface area contributed by atoms with E-state index < -0.39 is 19.0 Å². The van der Waals surface area contributed by atoms with Crippen LogP contribution in [0.25, 0.3) is 0 Å². The molecule has 0 aliphatic carbocycles. The second kappa shape index (κ2) is 10.3. The van der Waals surface area contributed by atoms with Crippen molar-refractivity contribution in [1.82, 2.24) is 0 Å². The Bertz CT molecular complexity index is 616. The van der Waals surface area contributed by atoms with Gasteiger partial charge in [-0.25, -0.2) is 0 Å². The average Bonchev–Trinajstić information content (AvgIpc) is 2.70. The molecule has 127 valence electrons. The van der Waals surface area contributed by atoms with Crippen LogP contribution in [0, 0.1) is 0 Å². The van der Waals surface area contributed by atoms with Crippen LogP contribution in [0.5, 0.6) is 0 Å². The second-order valence-electron chi connectivity index (χ2n) is 5.57. The minimum absolute atomic E-state index is 0.514. The van der Waals surface area contributed by atoms with Crippen molar-refractivity contribution in [2.45, 2.75) is 19.8 Å². The molecule has 0 radical (unpaired) electrons. The van der Waals surface area contributed by atoms with Crippen molar-refractivity contribution < 1.29 is 29.0 Å². The summed E-state index contributed by atoms with van der Waals surface area (Å²) in [7, 11) is 0. The van der Waals surface area contributed by atoms with E-state index in [2.05, 4.69) is 0 Å². The quantitative estimate of drug-likeness (QED) is 0.497. The van der Waals surface area contributed by atoms with Gasteiger partial charge in [-0.05, 0) is 0 Å². The van der Waals surface area contributed by atoms with E-state index in [0.29, 0.717) is 19.8 Å². The number of benzene rings is 3. The molecule has 0 fully saturated rings. The third-order valence-electron chi connectivity index (χ3n) is 3.60. The second-order valence-corrected chi connectivity index (χ2v) is 7.71. The summed E-state index contributed by atoms with van der Waals surface area (Å²) in [5, 5.41) is 0. The summed E-state index contributed by atoms with van der Waals surface area (Å²) in [4.78, 5) is 0. The molecule has 0 heterocycles. The molecule has 0 unspecified atom stereocenters. The van der Waals surface area contributed by atoms with Gasteiger partial charge in [-0.2, -0.15) is 0 Å². The molecular formula is C21H21O3Ti. The van der Waals surface area contributed by atoms with Gasteiger partial charge in [-0.1, -0.05) is 0 Å². The van der Waals surface area contributed by atoms with Gasteiger partial charge in [0.15, 0.2) is 0 Å². The molecule has 4 heteroatoms. The van der Waals surface area contributed by atoms with Crippen LogP contribution < -0.4 is 0 Å². The van der Waals surface area contributed by atoms with E-state index in [4.69, 9.17) is 9.96 Å². The van der Waals surface area contributed by atoms with Crippen molar-refractivity contribution in [2.75, 3.05) is 0 Å². The Morgan fingerprint density at radius 2 is 0.720 bits per heavy atom. The Morgan fingerprint density at radius 1 is 0.440 bits per heavy atom. The Labute approximate surface area is 156 Å². The van der Waals surface area contributed by atoms with Crippen LogP contribution in [-0.2, 0) is 48.8 Å². The molecule has 0 aromatic heterocycles. The van der Waals surface area contributed by atoms with Crippen LogP contribution in [0.1, 0.15) is 16.7 Å². The van der Waals surface area contributed by atoms with Crippen LogP contribution >= 0.6 is 0 Å². The maximum absolute atomic E-state index is 5.99. The molecule has 3 nitrogen and oxygen atoms in total. The molecule has 3 aromatic carbocycles. The number of hydrogen-bond acceptors (Lipinski definition) is 3. The fourth-order valence-corrected chi connectivity index (χ4v) is 4.00. The fraction of sp³-hybridized carbons (Fsp3) is 0.143. The molecule has 0 atom stereocenters. The molecule has 0 bridgehead atoms. The Kier molecular flexibility index (Phi) is 7.43. The zero-order chi connectivity index (χ0) is 17.2. The van der Waals surface area contributed by atoms with Crippen LogP contribution in [-0.4, -0.2) is 0 Å². The van der Waals surface area contributed by atoms with Crippen LogP contribution in [0.4, 0.5) is 0 Å². The topological polar surface area (TPSA) is 27.7 Å². The number of rotatable bonds is 9. The molecule has 3 aromatic rings. The molecule has 0 amide bonds. The zero-order valence-corrected chi connectivity index (χ0v) is 15.6. The summed E-state index contributed by atoms with van der Waals surface area (Å²) in [5.41, 5.74) is 3.37. The van der Waals surface area contributed by atoms with E-state index in [1.54, 1.807) is 0 Å². The average molecular weight is 369 g/mol. The van der Waals surface area contributed by atoms with Crippen molar-refractivity contribution in [3.8, 4) is 0 Å². The summed E-state index contributed by atoms with van der Waals surface area (Å²) in [5.74, 6) is 0. The van der Waals surface area contributed by atoms with Gasteiger partial charge in [-0.3, -0.25) is 0 Å². The molecule has 0 spiro atoms. The van der Waals surface area contributed by atoms with Crippen molar-refractivity contribution in [2.24, 2.45) is 0 Å². The van der Waals surface area contributed by atoms with Crippen molar-refractivity contribution in [1.29, 1.82) is 0 Å². The summed E-state index contributed by atoms with van der Waals surface area (Å²) in [6.07, 6.45) is 0. The first kappa shape index (κ1) is 18.1. The predicted molar refractivity (Wildman–Crippen MR) is 93.7 cm³/mol. The molecule has 0 saturated carbocycles. The summed E-state index contributed by atoms with van der Waals surface area (Å²) < 4.78 is 18.0. The van der Waals surface area contributed by atoms with Crippen LogP contribution in [0.3, 0.4) is 0 Å². The SMILES string of the molecule is c1ccc(C[O][Ti]([O]Cc2ccccc2)[O]Cc2ccccc2)cc1. The first-order valence-corrected chi connectivity index (χ1v) is 10.2. The Hall–Kier alpha value is -1.75. The van der Waals surface area contributed by atoms with E-state index in [0.717, 1.165) is 16.7 Å². The van der Waals surface area contributed by atoms with Crippen molar-refractivity contribution in [3.63, 3.8) is 0 Å². The molecule has 25 heavy (non-hydrogen) atoms. The van der Waals surface area contributed by atoms with Crippen LogP contribution in [0.15, 0.2) is 91.0 Å². The first-order valence-electron chi connectivity index (χ1n) is 8.27. The molecule has 0 aliphatic heterocycles. The summed E-state index contributed by atoms with van der Waals surface area (Å²) in [6, 6.07) is 30.3. The maximum atomic E-state index is 5.99. The third-order valence-corrected chi connectivity index (χ3v) is 5.38. The fourth-order valence-electron chi connectivity index (χ4n) is 2.27. The minimum atomic E-state index is -2.55. The Morgan fingerprint density at radius 3 is 1.00 bits per heavy atom. The Balaban J connectivity index is 1.56. The van der Waals surface area contributed by atoms with Crippen molar-refractivity contribution in [3.05, 3.63) is 108 Å². The van der Waals surface area contributed by atoms with Gasteiger partial charge < -0.3 is 0 Å². The van der Waals surface area contributed by atoms with Crippen molar-refractivity contribution >= 4 is 0 Å². The van der Waals surface area contributed by atoms with Crippen LogP contribution in [0.2, 0.25) is 0 Å². The van der Waals surface area contributed by atoms with E-state index in [1.807, 2.05) is 91.0 Å². The molecule has 0 aliphatic rings. The van der Waals surface area contributed by atoms with E-state index in [1.165, 1.54) is 0 Å². The van der Waals surface area contributed by atoms with Gasteiger partial charge in [0.05, 0.1) is 0 Å². The number of hydrogen-bond donors (Lipinski definition) is 0. The van der Waals surface area contributed by atoms with Gasteiger partial charge >= 0.3 is 156 Å². The van der Waals surface area contributed by atoms with E-state index in [-0.39, 0.29) is 0 Å². The van der Waals surface area contributed by atoms with Gasteiger partial charge in [0.25, 0.3) is 0 Å². The van der Waals surface area contributed by atoms with Gasteiger partial charge in [0.2, 0.25) is 0 Å². The molecule has 0 N–H and O–H groups in total. The summed E-state index contributed by atoms with van der Waals surface area (Å²) in [6.45, 7) is 1.54. The van der Waals surface area contributed by atoms with E-state index in [9.17, 15) is 0 Å². The first-order chi connectivity index (χ1) is 12.4. The molecule has 3 rings (SSSR count). The summed E-state index contributed by atoms with van der Waals surface area (Å²) >= 11 is -2.55. The van der Waals surface area contributed by atoms with E-state index >= 15 is 0 Å². The van der Waals surface area contributed by atoms with Gasteiger partial charge in [0, 0.05) is 0 Å². The molecular weight excluding hydrogens is 348 g/mol. The normalized spacial score (nSPS) is 10.6. The van der Waals surface area contributed by atoms with Gasteiger partial charge in [-0.15, -0.1) is 0 Å². The predicted octanol–water partition coefficient (Wildman–Crippen LogP) is 5.00. The monoisotopic (exact) mass is 369 g/mol. The third kappa shape index (κ3) is 6.58.